The molecule has 0 aromatic carbocycles. The molecule has 0 saturated heterocycles. The number of rotatable bonds is 0. The van der Waals surface area contributed by atoms with Crippen LogP contribution in [0.2, 0.25) is 0 Å². The molecule has 2 nitrogen and oxygen atoms in total. The van der Waals surface area contributed by atoms with Crippen LogP contribution in [-0.2, 0) is 32.7 Å². The Morgan fingerprint density at radius 3 is 1.56 bits per heavy atom. The minimum absolute atomic E-state index is 0. The Morgan fingerprint density at radius 2 is 1.44 bits per heavy atom. The van der Waals surface area contributed by atoms with E-state index in [1.54, 1.807) is 0 Å². The third-order valence-corrected chi connectivity index (χ3v) is 1.40. The summed E-state index contributed by atoms with van der Waals surface area (Å²) in [5.74, 6) is 0. The van der Waals surface area contributed by atoms with Crippen molar-refractivity contribution in [2.45, 2.75) is 31.7 Å². The van der Waals surface area contributed by atoms with Crippen molar-refractivity contribution in [2.24, 2.45) is 11.5 Å². The summed E-state index contributed by atoms with van der Waals surface area (Å²) in [5.41, 5.74) is 10.0. The first-order chi connectivity index (χ1) is 3.89. The Kier molecular flexibility index (Phi) is 12.7. The first-order valence-corrected chi connectivity index (χ1v) is 3.23. The first kappa shape index (κ1) is 12.7. The summed E-state index contributed by atoms with van der Waals surface area (Å²) < 4.78 is 0. The van der Waals surface area contributed by atoms with Gasteiger partial charge in [-0.25, -0.2) is 0 Å². The summed E-state index contributed by atoms with van der Waals surface area (Å²) in [6.07, 6.45) is 5.25. The van der Waals surface area contributed by atoms with Gasteiger partial charge in [0.2, 0.25) is 0 Å². The molecule has 0 aromatic rings. The third kappa shape index (κ3) is 6.91. The molecule has 0 spiro atoms. The van der Waals surface area contributed by atoms with E-state index in [0.29, 0.717) is 6.04 Å². The largest absolute Gasteiger partial charge is 0.333 e. The number of hydrogen-bond donors (Lipinski definition) is 2. The van der Waals surface area contributed by atoms with Gasteiger partial charge in [-0.2, -0.15) is 0 Å². The zero-order chi connectivity index (χ0) is 6.41. The number of hydrogen-bond acceptors (Lipinski definition) is 2. The molecular weight excluding hydrogens is 189 g/mol. The van der Waals surface area contributed by atoms with Crippen molar-refractivity contribution in [1.29, 1.82) is 0 Å². The molecule has 1 radical (unpaired) electrons. The molecule has 0 atom stereocenters. The summed E-state index contributed by atoms with van der Waals surface area (Å²) in [5, 5.41) is 0. The SMILES string of the molecule is CN.NC1CCCC1.[Y]. The molecular formula is C6H16N2Y. The summed E-state index contributed by atoms with van der Waals surface area (Å²) in [4.78, 5) is 0. The molecule has 1 saturated carbocycles. The van der Waals surface area contributed by atoms with Gasteiger partial charge < -0.3 is 11.5 Å². The van der Waals surface area contributed by atoms with Crippen molar-refractivity contribution in [1.82, 2.24) is 0 Å². The van der Waals surface area contributed by atoms with Gasteiger partial charge in [-0.15, -0.1) is 0 Å². The Bertz CT molecular complexity index is 44.3. The van der Waals surface area contributed by atoms with Gasteiger partial charge in [-0.3, -0.25) is 0 Å². The minimum atomic E-state index is 0. The van der Waals surface area contributed by atoms with E-state index in [-0.39, 0.29) is 32.7 Å². The molecule has 1 fully saturated rings. The fraction of sp³-hybridized carbons (Fsp3) is 1.00. The zero-order valence-electron chi connectivity index (χ0n) is 6.14. The molecule has 0 heterocycles. The van der Waals surface area contributed by atoms with Crippen molar-refractivity contribution in [3.63, 3.8) is 0 Å². The van der Waals surface area contributed by atoms with Gasteiger partial charge in [0.15, 0.2) is 0 Å². The standard InChI is InChI=1S/C5H11N.CH5N.Y/c6-5-3-1-2-4-5;1-2;/h5H,1-4,6H2;2H2,1H3;. The summed E-state index contributed by atoms with van der Waals surface area (Å²) in [6, 6.07) is 0.546. The molecule has 4 N–H and O–H groups in total. The van der Waals surface area contributed by atoms with Crippen molar-refractivity contribution in [3.05, 3.63) is 0 Å². The molecule has 1 aliphatic carbocycles. The molecule has 53 valence electrons. The van der Waals surface area contributed by atoms with E-state index in [2.05, 4.69) is 5.73 Å². The predicted molar refractivity (Wildman–Crippen MR) is 36.6 cm³/mol. The van der Waals surface area contributed by atoms with Crippen LogP contribution in [0.25, 0.3) is 0 Å². The van der Waals surface area contributed by atoms with E-state index >= 15 is 0 Å². The van der Waals surface area contributed by atoms with Crippen LogP contribution in [0.5, 0.6) is 0 Å². The maximum Gasteiger partial charge on any atom is 0.00388 e. The summed E-state index contributed by atoms with van der Waals surface area (Å²) >= 11 is 0. The van der Waals surface area contributed by atoms with Crippen LogP contribution in [-0.4, -0.2) is 13.1 Å². The van der Waals surface area contributed by atoms with Crippen molar-refractivity contribution in [2.75, 3.05) is 7.05 Å². The second-order valence-electron chi connectivity index (χ2n) is 2.04. The third-order valence-electron chi connectivity index (χ3n) is 1.40. The molecule has 0 aliphatic heterocycles. The van der Waals surface area contributed by atoms with Gasteiger partial charge in [-0.1, -0.05) is 12.8 Å². The van der Waals surface area contributed by atoms with Gasteiger partial charge in [0.25, 0.3) is 0 Å². The molecule has 0 aromatic heterocycles. The van der Waals surface area contributed by atoms with Gasteiger partial charge >= 0.3 is 0 Å². The van der Waals surface area contributed by atoms with Crippen molar-refractivity contribution < 1.29 is 32.7 Å². The van der Waals surface area contributed by atoms with Crippen LogP contribution in [0, 0.1) is 0 Å². The van der Waals surface area contributed by atoms with Gasteiger partial charge in [0, 0.05) is 38.8 Å². The molecule has 0 unspecified atom stereocenters. The van der Waals surface area contributed by atoms with Crippen LogP contribution in [0.15, 0.2) is 0 Å². The second kappa shape index (κ2) is 9.02. The average Bonchev–Trinajstić information content (AvgIpc) is 2.24. The fourth-order valence-corrected chi connectivity index (χ4v) is 0.957. The molecule has 1 aliphatic rings. The monoisotopic (exact) mass is 205 g/mol. The minimum Gasteiger partial charge on any atom is -0.333 e. The van der Waals surface area contributed by atoms with Crippen LogP contribution < -0.4 is 11.5 Å². The predicted octanol–water partition coefficient (Wildman–Crippen LogP) is 0.460. The molecule has 3 heteroatoms. The number of nitrogens with two attached hydrogens (primary N) is 2. The van der Waals surface area contributed by atoms with Crippen molar-refractivity contribution >= 4 is 0 Å². The first-order valence-electron chi connectivity index (χ1n) is 3.23. The second-order valence-corrected chi connectivity index (χ2v) is 2.04. The van der Waals surface area contributed by atoms with E-state index in [9.17, 15) is 0 Å². The topological polar surface area (TPSA) is 52.0 Å². The van der Waals surface area contributed by atoms with E-state index < -0.39 is 0 Å². The molecule has 0 amide bonds. The zero-order valence-corrected chi connectivity index (χ0v) is 8.98. The van der Waals surface area contributed by atoms with Crippen LogP contribution in [0.3, 0.4) is 0 Å². The van der Waals surface area contributed by atoms with E-state index in [0.717, 1.165) is 0 Å². The van der Waals surface area contributed by atoms with Crippen LogP contribution in [0.4, 0.5) is 0 Å². The maximum atomic E-state index is 5.53. The van der Waals surface area contributed by atoms with Crippen molar-refractivity contribution in [3.8, 4) is 0 Å². The van der Waals surface area contributed by atoms with Crippen LogP contribution >= 0.6 is 0 Å². The Balaban J connectivity index is 0. The van der Waals surface area contributed by atoms with Gasteiger partial charge in [0.05, 0.1) is 0 Å². The quantitative estimate of drug-likeness (QED) is 0.603. The fourth-order valence-electron chi connectivity index (χ4n) is 0.957. The summed E-state index contributed by atoms with van der Waals surface area (Å²) in [7, 11) is 1.50. The van der Waals surface area contributed by atoms with Gasteiger partial charge in [0.1, 0.15) is 0 Å². The molecule has 1 rings (SSSR count). The Labute approximate surface area is 82.6 Å². The van der Waals surface area contributed by atoms with E-state index in [4.69, 9.17) is 5.73 Å². The normalized spacial score (nSPS) is 17.7. The molecule has 9 heavy (non-hydrogen) atoms. The van der Waals surface area contributed by atoms with E-state index in [1.807, 2.05) is 0 Å². The van der Waals surface area contributed by atoms with E-state index in [1.165, 1.54) is 32.7 Å². The molecule has 0 bridgehead atoms. The average molecular weight is 205 g/mol. The van der Waals surface area contributed by atoms with Crippen LogP contribution in [0.1, 0.15) is 25.7 Å². The smallest absolute Gasteiger partial charge is 0.00388 e. The Morgan fingerprint density at radius 1 is 1.11 bits per heavy atom. The summed E-state index contributed by atoms with van der Waals surface area (Å²) in [6.45, 7) is 0. The van der Waals surface area contributed by atoms with Gasteiger partial charge in [-0.05, 0) is 19.9 Å². The Hall–Kier alpha value is 1.02. The maximum absolute atomic E-state index is 5.53.